The van der Waals surface area contributed by atoms with E-state index in [0.717, 1.165) is 19.0 Å². The number of nitro groups is 1. The number of sulfonamides is 1. The molecule has 150 valence electrons. The van der Waals surface area contributed by atoms with E-state index < -0.39 is 14.9 Å². The minimum atomic E-state index is -3.81. The first kappa shape index (κ1) is 21.1. The molecule has 10 heteroatoms. The minimum absolute atomic E-state index is 0.130. The third kappa shape index (κ3) is 5.64. The van der Waals surface area contributed by atoms with E-state index >= 15 is 0 Å². The summed E-state index contributed by atoms with van der Waals surface area (Å²) in [6.07, 6.45) is 4.83. The first-order valence-electron chi connectivity index (χ1n) is 9.00. The van der Waals surface area contributed by atoms with Gasteiger partial charge in [-0.05, 0) is 30.7 Å². The van der Waals surface area contributed by atoms with Gasteiger partial charge in [-0.3, -0.25) is 15.1 Å². The molecule has 1 aliphatic rings. The molecule has 0 radical (unpaired) electrons. The molecule has 1 aromatic rings. The van der Waals surface area contributed by atoms with E-state index in [2.05, 4.69) is 27.3 Å². The normalized spacial score (nSPS) is 16.4. The molecular formula is C17H27N5O4S. The average Bonchev–Trinajstić information content (AvgIpc) is 2.62. The first-order valence-corrected chi connectivity index (χ1v) is 10.5. The SMILES string of the molecule is CCC1(CNC(=NC)NCCNS(=O)(=O)c2cccc([N+](=O)[O-])c2)CCC1. The maximum atomic E-state index is 12.3. The van der Waals surface area contributed by atoms with Gasteiger partial charge in [-0.2, -0.15) is 0 Å². The number of nitrogens with one attached hydrogen (secondary N) is 3. The maximum absolute atomic E-state index is 12.3. The average molecular weight is 398 g/mol. The highest BCUT2D eigenvalue weighted by Crippen LogP contribution is 2.42. The van der Waals surface area contributed by atoms with Crippen LogP contribution in [0.1, 0.15) is 32.6 Å². The number of guanidine groups is 1. The van der Waals surface area contributed by atoms with Crippen LogP contribution in [0.5, 0.6) is 0 Å². The van der Waals surface area contributed by atoms with Crippen molar-refractivity contribution in [1.29, 1.82) is 0 Å². The van der Waals surface area contributed by atoms with Crippen molar-refractivity contribution in [3.05, 3.63) is 34.4 Å². The Balaban J connectivity index is 1.80. The van der Waals surface area contributed by atoms with E-state index in [9.17, 15) is 18.5 Å². The van der Waals surface area contributed by atoms with Gasteiger partial charge in [0.05, 0.1) is 9.82 Å². The van der Waals surface area contributed by atoms with Crippen LogP contribution in [-0.4, -0.2) is 46.0 Å². The fourth-order valence-electron chi connectivity index (χ4n) is 3.04. The Morgan fingerprint density at radius 3 is 2.59 bits per heavy atom. The predicted octanol–water partition coefficient (Wildman–Crippen LogP) is 1.62. The number of aliphatic imine (C=N–C) groups is 1. The quantitative estimate of drug-likeness (QED) is 0.191. The molecule has 1 aromatic carbocycles. The van der Waals surface area contributed by atoms with Crippen LogP contribution in [0.2, 0.25) is 0 Å². The van der Waals surface area contributed by atoms with Crippen LogP contribution in [-0.2, 0) is 10.0 Å². The number of hydrogen-bond donors (Lipinski definition) is 3. The molecule has 0 spiro atoms. The molecule has 1 saturated carbocycles. The number of rotatable bonds is 9. The predicted molar refractivity (Wildman–Crippen MR) is 104 cm³/mol. The highest BCUT2D eigenvalue weighted by Gasteiger charge is 2.34. The third-order valence-electron chi connectivity index (χ3n) is 5.07. The van der Waals surface area contributed by atoms with Gasteiger partial charge in [-0.15, -0.1) is 0 Å². The minimum Gasteiger partial charge on any atom is -0.356 e. The lowest BCUT2D eigenvalue weighted by Crippen LogP contribution is -2.47. The van der Waals surface area contributed by atoms with Crippen LogP contribution < -0.4 is 15.4 Å². The van der Waals surface area contributed by atoms with Crippen LogP contribution in [0.4, 0.5) is 5.69 Å². The van der Waals surface area contributed by atoms with Gasteiger partial charge in [0.25, 0.3) is 5.69 Å². The van der Waals surface area contributed by atoms with Crippen LogP contribution in [0.15, 0.2) is 34.2 Å². The van der Waals surface area contributed by atoms with Crippen LogP contribution in [0.3, 0.4) is 0 Å². The lowest BCUT2D eigenvalue weighted by Gasteiger charge is -2.41. The Labute approximate surface area is 159 Å². The van der Waals surface area contributed by atoms with E-state index in [4.69, 9.17) is 0 Å². The van der Waals surface area contributed by atoms with Gasteiger partial charge in [-0.1, -0.05) is 19.4 Å². The van der Waals surface area contributed by atoms with Gasteiger partial charge >= 0.3 is 0 Å². The van der Waals surface area contributed by atoms with E-state index in [1.807, 2.05) is 0 Å². The summed E-state index contributed by atoms with van der Waals surface area (Å²) < 4.78 is 26.9. The van der Waals surface area contributed by atoms with E-state index in [-0.39, 0.29) is 17.1 Å². The summed E-state index contributed by atoms with van der Waals surface area (Å²) >= 11 is 0. The van der Waals surface area contributed by atoms with Gasteiger partial charge in [0, 0.05) is 38.8 Å². The third-order valence-corrected chi connectivity index (χ3v) is 6.53. The molecule has 9 nitrogen and oxygen atoms in total. The van der Waals surface area contributed by atoms with Crippen molar-refractivity contribution < 1.29 is 13.3 Å². The number of hydrogen-bond acceptors (Lipinski definition) is 5. The monoisotopic (exact) mass is 397 g/mol. The molecule has 0 unspecified atom stereocenters. The summed E-state index contributed by atoms with van der Waals surface area (Å²) in [4.78, 5) is 14.2. The standard InChI is InChI=1S/C17H27N5O4S/c1-3-17(8-5-9-17)13-20-16(18-2)19-10-11-21-27(25,26)15-7-4-6-14(12-15)22(23)24/h4,6-7,12,21H,3,5,8-11,13H2,1-2H3,(H2,18,19,20). The molecule has 1 aliphatic carbocycles. The largest absolute Gasteiger partial charge is 0.356 e. The molecule has 0 saturated heterocycles. The van der Waals surface area contributed by atoms with Crippen LogP contribution >= 0.6 is 0 Å². The van der Waals surface area contributed by atoms with Gasteiger partial charge in [0.1, 0.15) is 0 Å². The van der Waals surface area contributed by atoms with Crippen molar-refractivity contribution in [2.24, 2.45) is 10.4 Å². The van der Waals surface area contributed by atoms with Gasteiger partial charge in [0.2, 0.25) is 10.0 Å². The second-order valence-corrected chi connectivity index (χ2v) is 8.48. The smallest absolute Gasteiger partial charge is 0.270 e. The lowest BCUT2D eigenvalue weighted by molar-refractivity contribution is -0.385. The summed E-state index contributed by atoms with van der Waals surface area (Å²) in [5, 5.41) is 17.2. The van der Waals surface area contributed by atoms with Crippen molar-refractivity contribution >= 4 is 21.7 Å². The highest BCUT2D eigenvalue weighted by atomic mass is 32.2. The van der Waals surface area contributed by atoms with Crippen molar-refractivity contribution in [1.82, 2.24) is 15.4 Å². The number of nitrogens with zero attached hydrogens (tertiary/aromatic N) is 2. The van der Waals surface area contributed by atoms with E-state index in [1.54, 1.807) is 7.05 Å². The fourth-order valence-corrected chi connectivity index (χ4v) is 4.11. The number of benzene rings is 1. The van der Waals surface area contributed by atoms with Crippen molar-refractivity contribution in [3.63, 3.8) is 0 Å². The Kier molecular flexibility index (Phi) is 7.14. The van der Waals surface area contributed by atoms with Crippen LogP contribution in [0, 0.1) is 15.5 Å². The fraction of sp³-hybridized carbons (Fsp3) is 0.588. The molecular weight excluding hydrogens is 370 g/mol. The second-order valence-electron chi connectivity index (χ2n) is 6.71. The second kappa shape index (κ2) is 9.14. The molecule has 0 bridgehead atoms. The molecule has 2 rings (SSSR count). The van der Waals surface area contributed by atoms with Crippen LogP contribution in [0.25, 0.3) is 0 Å². The van der Waals surface area contributed by atoms with Gasteiger partial charge in [0.15, 0.2) is 5.96 Å². The van der Waals surface area contributed by atoms with E-state index in [1.165, 1.54) is 37.5 Å². The Bertz CT molecular complexity index is 785. The summed E-state index contributed by atoms with van der Waals surface area (Å²) in [6, 6.07) is 4.97. The molecule has 0 aromatic heterocycles. The molecule has 1 fully saturated rings. The molecule has 0 aliphatic heterocycles. The first-order chi connectivity index (χ1) is 12.8. The zero-order valence-corrected chi connectivity index (χ0v) is 16.5. The summed E-state index contributed by atoms with van der Waals surface area (Å²) in [5.41, 5.74) is 0.0859. The lowest BCUT2D eigenvalue weighted by atomic mass is 9.67. The number of non-ortho nitro benzene ring substituents is 1. The zero-order valence-electron chi connectivity index (χ0n) is 15.7. The highest BCUT2D eigenvalue weighted by molar-refractivity contribution is 7.89. The van der Waals surface area contributed by atoms with Gasteiger partial charge in [-0.25, -0.2) is 13.1 Å². The van der Waals surface area contributed by atoms with Crippen molar-refractivity contribution in [3.8, 4) is 0 Å². The van der Waals surface area contributed by atoms with Crippen molar-refractivity contribution in [2.45, 2.75) is 37.5 Å². The Morgan fingerprint density at radius 1 is 1.30 bits per heavy atom. The summed E-state index contributed by atoms with van der Waals surface area (Å²) in [7, 11) is -2.14. The molecule has 0 heterocycles. The topological polar surface area (TPSA) is 126 Å². The van der Waals surface area contributed by atoms with Gasteiger partial charge < -0.3 is 10.6 Å². The zero-order chi connectivity index (χ0) is 19.9. The summed E-state index contributed by atoms with van der Waals surface area (Å²) in [5.74, 6) is 0.629. The maximum Gasteiger partial charge on any atom is 0.270 e. The van der Waals surface area contributed by atoms with Crippen molar-refractivity contribution in [2.75, 3.05) is 26.7 Å². The van der Waals surface area contributed by atoms with E-state index in [0.29, 0.717) is 17.9 Å². The number of nitro benzene ring substituents is 1. The Hall–Kier alpha value is -2.20. The molecule has 3 N–H and O–H groups in total. The Morgan fingerprint density at radius 2 is 2.04 bits per heavy atom. The summed E-state index contributed by atoms with van der Waals surface area (Å²) in [6.45, 7) is 3.51. The molecule has 27 heavy (non-hydrogen) atoms. The molecule has 0 amide bonds. The molecule has 0 atom stereocenters.